The molecule has 14 heavy (non-hydrogen) atoms. The van der Waals surface area contributed by atoms with Gasteiger partial charge in [0.05, 0.1) is 12.9 Å². The van der Waals surface area contributed by atoms with Gasteiger partial charge in [0.25, 0.3) is 0 Å². The van der Waals surface area contributed by atoms with Crippen molar-refractivity contribution in [3.8, 4) is 11.5 Å². The minimum atomic E-state index is 0.102. The second kappa shape index (κ2) is 3.67. The number of aromatic nitrogens is 2. The monoisotopic (exact) mass is 192 g/mol. The molecule has 2 aromatic rings. The van der Waals surface area contributed by atoms with E-state index in [1.54, 1.807) is 6.26 Å². The van der Waals surface area contributed by atoms with Gasteiger partial charge in [-0.15, -0.1) is 0 Å². The molecule has 0 bridgehead atoms. The predicted molar refractivity (Wildman–Crippen MR) is 51.8 cm³/mol. The van der Waals surface area contributed by atoms with Gasteiger partial charge in [-0.05, 0) is 19.1 Å². The van der Waals surface area contributed by atoms with Crippen LogP contribution in [-0.4, -0.2) is 21.7 Å². The van der Waals surface area contributed by atoms with Crippen molar-refractivity contribution in [2.75, 3.05) is 6.61 Å². The maximum Gasteiger partial charge on any atom is 0.154 e. The van der Waals surface area contributed by atoms with Gasteiger partial charge in [0.15, 0.2) is 5.76 Å². The van der Waals surface area contributed by atoms with Crippen molar-refractivity contribution in [1.82, 2.24) is 9.97 Å². The molecule has 0 spiro atoms. The third-order valence-corrected chi connectivity index (χ3v) is 2.04. The number of hydrogen-bond donors (Lipinski definition) is 2. The van der Waals surface area contributed by atoms with E-state index in [1.165, 1.54) is 0 Å². The van der Waals surface area contributed by atoms with Crippen LogP contribution in [0.25, 0.3) is 11.5 Å². The van der Waals surface area contributed by atoms with E-state index < -0.39 is 0 Å². The zero-order chi connectivity index (χ0) is 9.97. The molecule has 2 N–H and O–H groups in total. The number of furan rings is 1. The summed E-state index contributed by atoms with van der Waals surface area (Å²) in [5.41, 5.74) is 1.78. The quantitative estimate of drug-likeness (QED) is 0.774. The van der Waals surface area contributed by atoms with Gasteiger partial charge in [0.1, 0.15) is 11.5 Å². The summed E-state index contributed by atoms with van der Waals surface area (Å²) >= 11 is 0. The van der Waals surface area contributed by atoms with Crippen molar-refractivity contribution in [3.05, 3.63) is 29.9 Å². The number of aromatic amines is 1. The van der Waals surface area contributed by atoms with Crippen LogP contribution in [0.15, 0.2) is 22.8 Å². The van der Waals surface area contributed by atoms with Crippen LogP contribution >= 0.6 is 0 Å². The van der Waals surface area contributed by atoms with Crippen LogP contribution < -0.4 is 0 Å². The molecule has 2 rings (SSSR count). The number of nitrogens with one attached hydrogen (secondary N) is 1. The van der Waals surface area contributed by atoms with Gasteiger partial charge in [0.2, 0.25) is 0 Å². The molecule has 0 aliphatic carbocycles. The normalized spacial score (nSPS) is 10.7. The molecule has 0 amide bonds. The minimum Gasteiger partial charge on any atom is -0.463 e. The summed E-state index contributed by atoms with van der Waals surface area (Å²) in [6.45, 7) is 2.04. The molecule has 0 unspecified atom stereocenters. The van der Waals surface area contributed by atoms with Crippen LogP contribution in [0, 0.1) is 6.92 Å². The van der Waals surface area contributed by atoms with Crippen molar-refractivity contribution in [2.24, 2.45) is 0 Å². The van der Waals surface area contributed by atoms with Gasteiger partial charge in [-0.2, -0.15) is 0 Å². The summed E-state index contributed by atoms with van der Waals surface area (Å²) in [5.74, 6) is 1.54. The lowest BCUT2D eigenvalue weighted by Crippen LogP contribution is -1.92. The van der Waals surface area contributed by atoms with Gasteiger partial charge in [0, 0.05) is 12.1 Å². The summed E-state index contributed by atoms with van der Waals surface area (Å²) in [4.78, 5) is 7.44. The van der Waals surface area contributed by atoms with Crippen LogP contribution in [0.4, 0.5) is 0 Å². The molecule has 0 radical (unpaired) electrons. The lowest BCUT2D eigenvalue weighted by Gasteiger charge is -1.90. The highest BCUT2D eigenvalue weighted by atomic mass is 16.3. The number of aliphatic hydroxyl groups excluding tert-OH is 1. The largest absolute Gasteiger partial charge is 0.463 e. The first-order valence-electron chi connectivity index (χ1n) is 4.51. The molecule has 0 saturated carbocycles. The molecule has 2 heterocycles. The lowest BCUT2D eigenvalue weighted by atomic mass is 10.3. The highest BCUT2D eigenvalue weighted by Gasteiger charge is 2.10. The molecular formula is C10H12N2O2. The Morgan fingerprint density at radius 2 is 2.43 bits per heavy atom. The molecule has 4 heteroatoms. The standard InChI is InChI=1S/C10H12N2O2/c1-7-10(8-3-2-6-14-8)12-9(11-7)4-5-13/h2-3,6,13H,4-5H2,1H3,(H,11,12). The number of imidazole rings is 1. The van der Waals surface area contributed by atoms with Gasteiger partial charge in [-0.3, -0.25) is 0 Å². The molecule has 0 atom stereocenters. The summed E-state index contributed by atoms with van der Waals surface area (Å²) < 4.78 is 5.25. The molecule has 74 valence electrons. The first-order chi connectivity index (χ1) is 6.81. The van der Waals surface area contributed by atoms with Gasteiger partial charge in [-0.1, -0.05) is 0 Å². The van der Waals surface area contributed by atoms with E-state index in [1.807, 2.05) is 19.1 Å². The second-order valence-electron chi connectivity index (χ2n) is 3.11. The fraction of sp³-hybridized carbons (Fsp3) is 0.300. The van der Waals surface area contributed by atoms with Gasteiger partial charge in [-0.25, -0.2) is 4.98 Å². The molecule has 0 aromatic carbocycles. The van der Waals surface area contributed by atoms with Gasteiger partial charge >= 0.3 is 0 Å². The second-order valence-corrected chi connectivity index (χ2v) is 3.11. The minimum absolute atomic E-state index is 0.102. The third kappa shape index (κ3) is 1.56. The first-order valence-corrected chi connectivity index (χ1v) is 4.51. The predicted octanol–water partition coefficient (Wildman–Crippen LogP) is 1.51. The van der Waals surface area contributed by atoms with E-state index in [9.17, 15) is 0 Å². The van der Waals surface area contributed by atoms with E-state index in [0.717, 1.165) is 23.0 Å². The Morgan fingerprint density at radius 1 is 1.57 bits per heavy atom. The van der Waals surface area contributed by atoms with E-state index >= 15 is 0 Å². The Balaban J connectivity index is 2.35. The molecule has 0 aliphatic rings. The summed E-state index contributed by atoms with van der Waals surface area (Å²) in [5, 5.41) is 8.77. The van der Waals surface area contributed by atoms with Crippen molar-refractivity contribution in [1.29, 1.82) is 0 Å². The Bertz CT molecular complexity index is 404. The lowest BCUT2D eigenvalue weighted by molar-refractivity contribution is 0.297. The van der Waals surface area contributed by atoms with Crippen molar-refractivity contribution in [3.63, 3.8) is 0 Å². The van der Waals surface area contributed by atoms with E-state index in [4.69, 9.17) is 9.52 Å². The van der Waals surface area contributed by atoms with Crippen LogP contribution in [0.1, 0.15) is 11.5 Å². The Kier molecular flexibility index (Phi) is 2.37. The number of hydrogen-bond acceptors (Lipinski definition) is 3. The average molecular weight is 192 g/mol. The first kappa shape index (κ1) is 9.02. The zero-order valence-electron chi connectivity index (χ0n) is 7.95. The highest BCUT2D eigenvalue weighted by Crippen LogP contribution is 2.21. The smallest absolute Gasteiger partial charge is 0.154 e. The molecule has 0 saturated heterocycles. The highest BCUT2D eigenvalue weighted by molar-refractivity contribution is 5.55. The van der Waals surface area contributed by atoms with Crippen molar-refractivity contribution in [2.45, 2.75) is 13.3 Å². The number of nitrogens with zero attached hydrogens (tertiary/aromatic N) is 1. The summed E-state index contributed by atoms with van der Waals surface area (Å²) in [7, 11) is 0. The summed E-state index contributed by atoms with van der Waals surface area (Å²) in [6, 6.07) is 3.70. The SMILES string of the molecule is Cc1[nH]c(CCO)nc1-c1ccco1. The molecule has 0 fully saturated rings. The Hall–Kier alpha value is -1.55. The average Bonchev–Trinajstić information content (AvgIpc) is 2.74. The van der Waals surface area contributed by atoms with E-state index in [0.29, 0.717) is 6.42 Å². The molecule has 4 nitrogen and oxygen atoms in total. The van der Waals surface area contributed by atoms with E-state index in [2.05, 4.69) is 9.97 Å². The molecule has 2 aromatic heterocycles. The third-order valence-electron chi connectivity index (χ3n) is 2.04. The zero-order valence-corrected chi connectivity index (χ0v) is 7.95. The van der Waals surface area contributed by atoms with Gasteiger partial charge < -0.3 is 14.5 Å². The van der Waals surface area contributed by atoms with Crippen molar-refractivity contribution < 1.29 is 9.52 Å². The fourth-order valence-electron chi connectivity index (χ4n) is 1.40. The maximum absolute atomic E-state index is 8.77. The summed E-state index contributed by atoms with van der Waals surface area (Å²) in [6.07, 6.45) is 2.16. The Labute approximate surface area is 81.6 Å². The molecular weight excluding hydrogens is 180 g/mol. The van der Waals surface area contributed by atoms with Crippen molar-refractivity contribution >= 4 is 0 Å². The number of aryl methyl sites for hydroxylation is 1. The van der Waals surface area contributed by atoms with Crippen LogP contribution in [0.3, 0.4) is 0 Å². The van der Waals surface area contributed by atoms with E-state index in [-0.39, 0.29) is 6.61 Å². The van der Waals surface area contributed by atoms with Crippen LogP contribution in [0.5, 0.6) is 0 Å². The maximum atomic E-state index is 8.77. The number of aliphatic hydroxyl groups is 1. The van der Waals surface area contributed by atoms with Crippen LogP contribution in [-0.2, 0) is 6.42 Å². The Morgan fingerprint density at radius 3 is 3.07 bits per heavy atom. The number of rotatable bonds is 3. The topological polar surface area (TPSA) is 62.0 Å². The molecule has 0 aliphatic heterocycles. The fourth-order valence-corrected chi connectivity index (χ4v) is 1.40. The number of H-pyrrole nitrogens is 1. The van der Waals surface area contributed by atoms with Crippen LogP contribution in [0.2, 0.25) is 0 Å².